The molecule has 0 amide bonds. The van der Waals surface area contributed by atoms with Crippen molar-refractivity contribution in [1.29, 1.82) is 0 Å². The predicted molar refractivity (Wildman–Crippen MR) is 91.5 cm³/mol. The van der Waals surface area contributed by atoms with Crippen LogP contribution in [0.4, 0.5) is 0 Å². The average molecular weight is 350 g/mol. The summed E-state index contributed by atoms with van der Waals surface area (Å²) in [5.74, 6) is 0. The lowest BCUT2D eigenvalue weighted by Gasteiger charge is -2.18. The normalized spacial score (nSPS) is 12.5. The van der Waals surface area contributed by atoms with E-state index in [1.54, 1.807) is 0 Å². The van der Waals surface area contributed by atoms with E-state index in [-0.39, 0.29) is 0 Å². The summed E-state index contributed by atoms with van der Waals surface area (Å²) in [5, 5.41) is 8.03. The number of benzene rings is 1. The molecule has 4 heteroatoms. The Labute approximate surface area is 135 Å². The van der Waals surface area contributed by atoms with Crippen LogP contribution in [0, 0.1) is 0 Å². The van der Waals surface area contributed by atoms with Gasteiger partial charge in [-0.15, -0.1) is 0 Å². The van der Waals surface area contributed by atoms with Crippen LogP contribution in [-0.4, -0.2) is 22.4 Å². The van der Waals surface area contributed by atoms with E-state index in [1.807, 2.05) is 10.9 Å². The first-order valence-electron chi connectivity index (χ1n) is 7.70. The lowest BCUT2D eigenvalue weighted by Crippen LogP contribution is -2.33. The van der Waals surface area contributed by atoms with Crippen molar-refractivity contribution in [1.82, 2.24) is 15.1 Å². The van der Waals surface area contributed by atoms with Crippen LogP contribution in [0.2, 0.25) is 0 Å². The minimum atomic E-state index is 0.459. The molecule has 1 heterocycles. The number of rotatable bonds is 8. The molecule has 1 unspecified atom stereocenters. The highest BCUT2D eigenvalue weighted by Gasteiger charge is 2.11. The first-order chi connectivity index (χ1) is 10.2. The zero-order chi connectivity index (χ0) is 15.1. The maximum atomic E-state index is 4.37. The summed E-state index contributed by atoms with van der Waals surface area (Å²) in [6, 6.07) is 9.07. The molecule has 2 rings (SSSR count). The number of nitrogens with one attached hydrogen (secondary N) is 1. The molecule has 0 saturated heterocycles. The average Bonchev–Trinajstić information content (AvgIpc) is 2.95. The van der Waals surface area contributed by atoms with Crippen LogP contribution in [-0.2, 0) is 19.4 Å². The smallest absolute Gasteiger partial charge is 0.0522 e. The van der Waals surface area contributed by atoms with E-state index in [1.165, 1.54) is 11.1 Å². The third-order valence-corrected chi connectivity index (χ3v) is 4.10. The van der Waals surface area contributed by atoms with Crippen molar-refractivity contribution in [2.75, 3.05) is 6.54 Å². The third kappa shape index (κ3) is 5.29. The number of halogens is 1. The van der Waals surface area contributed by atoms with Gasteiger partial charge in [-0.1, -0.05) is 35.0 Å². The fraction of sp³-hybridized carbons (Fsp3) is 0.471. The molecule has 3 nitrogen and oxygen atoms in total. The molecular formula is C17H24BrN3. The topological polar surface area (TPSA) is 29.9 Å². The Hall–Kier alpha value is -1.13. The monoisotopic (exact) mass is 349 g/mol. The van der Waals surface area contributed by atoms with E-state index in [4.69, 9.17) is 0 Å². The van der Waals surface area contributed by atoms with Gasteiger partial charge >= 0.3 is 0 Å². The zero-order valence-electron chi connectivity index (χ0n) is 12.8. The van der Waals surface area contributed by atoms with Crippen molar-refractivity contribution >= 4 is 15.9 Å². The van der Waals surface area contributed by atoms with E-state index in [0.717, 1.165) is 36.8 Å². The SMILES string of the molecule is CCCNC(Cc1ccc(Br)cc1)Cc1cnn(CC)c1. The van der Waals surface area contributed by atoms with Gasteiger partial charge in [-0.05, 0) is 56.0 Å². The standard InChI is InChI=1S/C17H24BrN3/c1-3-9-19-17(10-14-5-7-16(18)8-6-14)11-15-12-20-21(4-2)13-15/h5-8,12-13,17,19H,3-4,9-11H2,1-2H3. The summed E-state index contributed by atoms with van der Waals surface area (Å²) in [4.78, 5) is 0. The van der Waals surface area contributed by atoms with Gasteiger partial charge in [0.2, 0.25) is 0 Å². The molecule has 0 spiro atoms. The van der Waals surface area contributed by atoms with Crippen molar-refractivity contribution in [2.24, 2.45) is 0 Å². The van der Waals surface area contributed by atoms with Gasteiger partial charge in [-0.3, -0.25) is 4.68 Å². The number of nitrogens with zero attached hydrogens (tertiary/aromatic N) is 2. The van der Waals surface area contributed by atoms with Gasteiger partial charge in [-0.25, -0.2) is 0 Å². The summed E-state index contributed by atoms with van der Waals surface area (Å²) < 4.78 is 3.12. The number of hydrogen-bond donors (Lipinski definition) is 1. The Balaban J connectivity index is 2.01. The summed E-state index contributed by atoms with van der Waals surface area (Å²) >= 11 is 3.49. The Morgan fingerprint density at radius 1 is 1.14 bits per heavy atom. The lowest BCUT2D eigenvalue weighted by atomic mass is 10.0. The van der Waals surface area contributed by atoms with Gasteiger partial charge in [-0.2, -0.15) is 5.10 Å². The molecule has 0 aliphatic heterocycles. The van der Waals surface area contributed by atoms with Gasteiger partial charge in [0.25, 0.3) is 0 Å². The van der Waals surface area contributed by atoms with Crippen LogP contribution in [0.1, 0.15) is 31.4 Å². The molecule has 2 aromatic rings. The van der Waals surface area contributed by atoms with Crippen LogP contribution in [0.25, 0.3) is 0 Å². The molecule has 0 radical (unpaired) electrons. The van der Waals surface area contributed by atoms with Crippen molar-refractivity contribution in [3.63, 3.8) is 0 Å². The fourth-order valence-electron chi connectivity index (χ4n) is 2.44. The molecule has 0 fully saturated rings. The summed E-state index contributed by atoms with van der Waals surface area (Å²) in [5.41, 5.74) is 2.68. The molecule has 1 atom stereocenters. The maximum Gasteiger partial charge on any atom is 0.0522 e. The van der Waals surface area contributed by atoms with Gasteiger partial charge in [0.1, 0.15) is 0 Å². The molecule has 1 aromatic carbocycles. The third-order valence-electron chi connectivity index (χ3n) is 3.57. The Morgan fingerprint density at radius 3 is 2.48 bits per heavy atom. The molecule has 0 bridgehead atoms. The zero-order valence-corrected chi connectivity index (χ0v) is 14.4. The molecular weight excluding hydrogens is 326 g/mol. The quantitative estimate of drug-likeness (QED) is 0.784. The van der Waals surface area contributed by atoms with Crippen LogP contribution in [0.5, 0.6) is 0 Å². The van der Waals surface area contributed by atoms with Crippen LogP contribution in [0.3, 0.4) is 0 Å². The number of aromatic nitrogens is 2. The summed E-state index contributed by atoms with van der Waals surface area (Å²) in [7, 11) is 0. The highest BCUT2D eigenvalue weighted by molar-refractivity contribution is 9.10. The first kappa shape index (κ1) is 16.2. The number of hydrogen-bond acceptors (Lipinski definition) is 2. The van der Waals surface area contributed by atoms with Crippen molar-refractivity contribution in [3.05, 3.63) is 52.3 Å². The number of aryl methyl sites for hydroxylation is 1. The first-order valence-corrected chi connectivity index (χ1v) is 8.49. The second kappa shape index (κ2) is 8.35. The van der Waals surface area contributed by atoms with E-state index < -0.39 is 0 Å². The minimum Gasteiger partial charge on any atom is -0.313 e. The van der Waals surface area contributed by atoms with E-state index in [2.05, 4.69) is 70.7 Å². The highest BCUT2D eigenvalue weighted by atomic mass is 79.9. The van der Waals surface area contributed by atoms with E-state index in [9.17, 15) is 0 Å². The Morgan fingerprint density at radius 2 is 1.86 bits per heavy atom. The molecule has 1 N–H and O–H groups in total. The van der Waals surface area contributed by atoms with Crippen LogP contribution >= 0.6 is 15.9 Å². The van der Waals surface area contributed by atoms with Crippen molar-refractivity contribution in [2.45, 2.75) is 45.7 Å². The van der Waals surface area contributed by atoms with E-state index >= 15 is 0 Å². The maximum absolute atomic E-state index is 4.37. The molecule has 0 saturated carbocycles. The molecule has 0 aliphatic carbocycles. The van der Waals surface area contributed by atoms with Gasteiger partial charge in [0.05, 0.1) is 6.20 Å². The second-order valence-electron chi connectivity index (χ2n) is 5.39. The molecule has 1 aromatic heterocycles. The molecule has 0 aliphatic rings. The largest absolute Gasteiger partial charge is 0.313 e. The Kier molecular flexibility index (Phi) is 6.46. The summed E-state index contributed by atoms with van der Waals surface area (Å²) in [6.45, 7) is 6.31. The fourth-order valence-corrected chi connectivity index (χ4v) is 2.70. The van der Waals surface area contributed by atoms with Crippen LogP contribution in [0.15, 0.2) is 41.1 Å². The highest BCUT2D eigenvalue weighted by Crippen LogP contribution is 2.14. The van der Waals surface area contributed by atoms with Crippen molar-refractivity contribution in [3.8, 4) is 0 Å². The van der Waals surface area contributed by atoms with Crippen LogP contribution < -0.4 is 5.32 Å². The summed E-state index contributed by atoms with van der Waals surface area (Å²) in [6.07, 6.45) is 7.37. The predicted octanol–water partition coefficient (Wildman–Crippen LogP) is 3.82. The van der Waals surface area contributed by atoms with Crippen molar-refractivity contribution < 1.29 is 0 Å². The second-order valence-corrected chi connectivity index (χ2v) is 6.31. The lowest BCUT2D eigenvalue weighted by molar-refractivity contribution is 0.504. The van der Waals surface area contributed by atoms with Gasteiger partial charge in [0.15, 0.2) is 0 Å². The van der Waals surface area contributed by atoms with E-state index in [0.29, 0.717) is 6.04 Å². The minimum absolute atomic E-state index is 0.459. The molecule has 21 heavy (non-hydrogen) atoms. The van der Waals surface area contributed by atoms with Gasteiger partial charge in [0, 0.05) is 23.3 Å². The van der Waals surface area contributed by atoms with Gasteiger partial charge < -0.3 is 5.32 Å². The Bertz CT molecular complexity index is 533. The molecule has 114 valence electrons.